The maximum atomic E-state index is 14.8. The molecule has 0 bridgehead atoms. The highest BCUT2D eigenvalue weighted by atomic mass is 32.2. The van der Waals surface area contributed by atoms with Gasteiger partial charge >= 0.3 is 5.97 Å². The van der Waals surface area contributed by atoms with E-state index in [9.17, 15) is 18.8 Å². The summed E-state index contributed by atoms with van der Waals surface area (Å²) in [6.07, 6.45) is 4.71. The lowest BCUT2D eigenvalue weighted by atomic mass is 9.93. The number of thioether (sulfide) groups is 1. The number of hydrogen-bond donors (Lipinski definition) is 0. The van der Waals surface area contributed by atoms with Crippen molar-refractivity contribution in [3.63, 3.8) is 0 Å². The molecule has 0 aromatic heterocycles. The molecule has 0 amide bonds. The largest absolute Gasteiger partial charge is 0.465 e. The molecule has 2 aliphatic heterocycles. The SMILES string of the molecule is CCOC(=O)CN1CCN(CC=C2CN(C(C(=O)C3CC3)c3ccccc3F)CCC2SC(C)=O)CC1. The van der Waals surface area contributed by atoms with Crippen LogP contribution in [0.1, 0.15) is 44.7 Å². The van der Waals surface area contributed by atoms with Crippen molar-refractivity contribution in [1.82, 2.24) is 14.7 Å². The number of Topliss-reactive ketones (excluding diaryl/α,β-unsaturated/α-hetero) is 1. The lowest BCUT2D eigenvalue weighted by Gasteiger charge is -2.39. The van der Waals surface area contributed by atoms with E-state index < -0.39 is 6.04 Å². The van der Waals surface area contributed by atoms with Gasteiger partial charge in [0.2, 0.25) is 0 Å². The van der Waals surface area contributed by atoms with E-state index in [2.05, 4.69) is 20.8 Å². The zero-order valence-electron chi connectivity index (χ0n) is 21.9. The third-order valence-corrected chi connectivity index (χ3v) is 8.49. The molecule has 3 aliphatic rings. The minimum atomic E-state index is -0.591. The standard InChI is InChI=1S/C28H38FN3O4S/c1-3-36-26(34)19-31-16-14-30(15-17-31)12-10-22-18-32(13-11-25(22)37-20(2)33)27(28(35)21-8-9-21)23-6-4-5-7-24(23)29/h4-7,10,21,25,27H,3,8-9,11-19H2,1-2H3. The van der Waals surface area contributed by atoms with Gasteiger partial charge in [-0.1, -0.05) is 36.0 Å². The summed E-state index contributed by atoms with van der Waals surface area (Å²) in [6.45, 7) is 9.34. The van der Waals surface area contributed by atoms with Crippen molar-refractivity contribution in [3.8, 4) is 0 Å². The molecule has 3 fully saturated rings. The van der Waals surface area contributed by atoms with Crippen LogP contribution in [-0.4, -0.2) is 95.8 Å². The summed E-state index contributed by atoms with van der Waals surface area (Å²) in [5.41, 5.74) is 1.58. The summed E-state index contributed by atoms with van der Waals surface area (Å²) in [7, 11) is 0. The fraction of sp³-hybridized carbons (Fsp3) is 0.607. The first-order valence-electron chi connectivity index (χ1n) is 13.3. The van der Waals surface area contributed by atoms with E-state index >= 15 is 0 Å². The second kappa shape index (κ2) is 13.1. The van der Waals surface area contributed by atoms with E-state index in [0.717, 1.165) is 57.6 Å². The van der Waals surface area contributed by atoms with Crippen molar-refractivity contribution in [2.45, 2.75) is 44.4 Å². The van der Waals surface area contributed by atoms with Gasteiger partial charge in [-0.05, 0) is 37.8 Å². The Hall–Kier alpha value is -2.07. The summed E-state index contributed by atoms with van der Waals surface area (Å²) in [5, 5.41) is 0.146. The molecule has 202 valence electrons. The van der Waals surface area contributed by atoms with Crippen molar-refractivity contribution in [1.29, 1.82) is 0 Å². The summed E-state index contributed by atoms with van der Waals surface area (Å²) in [5.74, 6) is -0.394. The number of rotatable bonds is 10. The van der Waals surface area contributed by atoms with Crippen molar-refractivity contribution in [2.75, 3.05) is 59.0 Å². The van der Waals surface area contributed by atoms with E-state index in [4.69, 9.17) is 4.74 Å². The van der Waals surface area contributed by atoms with Crippen LogP contribution in [0, 0.1) is 11.7 Å². The topological polar surface area (TPSA) is 70.2 Å². The van der Waals surface area contributed by atoms with E-state index in [-0.39, 0.29) is 33.9 Å². The third-order valence-electron chi connectivity index (χ3n) is 7.33. The van der Waals surface area contributed by atoms with Gasteiger partial charge in [-0.2, -0.15) is 0 Å². The molecule has 2 saturated heterocycles. The van der Waals surface area contributed by atoms with Gasteiger partial charge in [0.1, 0.15) is 5.82 Å². The summed E-state index contributed by atoms with van der Waals surface area (Å²) in [6, 6.07) is 6.02. The maximum Gasteiger partial charge on any atom is 0.320 e. The molecule has 4 rings (SSSR count). The first kappa shape index (κ1) is 28.0. The third kappa shape index (κ3) is 7.72. The Morgan fingerprint density at radius 2 is 1.78 bits per heavy atom. The van der Waals surface area contributed by atoms with E-state index in [0.29, 0.717) is 31.8 Å². The second-order valence-corrected chi connectivity index (χ2v) is 11.5. The predicted octanol–water partition coefficient (Wildman–Crippen LogP) is 3.31. The lowest BCUT2D eigenvalue weighted by Crippen LogP contribution is -2.48. The number of halogens is 1. The first-order chi connectivity index (χ1) is 17.9. The normalized spacial score (nSPS) is 23.6. The van der Waals surface area contributed by atoms with Crippen molar-refractivity contribution < 1.29 is 23.5 Å². The highest BCUT2D eigenvalue weighted by Gasteiger charge is 2.41. The van der Waals surface area contributed by atoms with Crippen molar-refractivity contribution in [2.24, 2.45) is 5.92 Å². The Labute approximate surface area is 223 Å². The number of likely N-dealkylation sites (tertiary alicyclic amines) is 1. The Bertz CT molecular complexity index is 1010. The van der Waals surface area contributed by atoms with Gasteiger partial charge in [0, 0.05) is 69.5 Å². The quantitative estimate of drug-likeness (QED) is 0.337. The molecule has 7 nitrogen and oxygen atoms in total. The lowest BCUT2D eigenvalue weighted by molar-refractivity contribution is -0.144. The summed E-state index contributed by atoms with van der Waals surface area (Å²) >= 11 is 1.35. The summed E-state index contributed by atoms with van der Waals surface area (Å²) < 4.78 is 19.9. The number of esters is 1. The smallest absolute Gasteiger partial charge is 0.320 e. The average Bonchev–Trinajstić information content (AvgIpc) is 3.71. The van der Waals surface area contributed by atoms with E-state index in [1.54, 1.807) is 25.1 Å². The number of piperazine rings is 1. The number of nitrogens with zero attached hydrogens (tertiary/aromatic N) is 3. The van der Waals surface area contributed by atoms with Gasteiger partial charge in [0.15, 0.2) is 10.9 Å². The Morgan fingerprint density at radius 3 is 2.43 bits per heavy atom. The van der Waals surface area contributed by atoms with Gasteiger partial charge in [-0.3, -0.25) is 29.1 Å². The van der Waals surface area contributed by atoms with Crippen LogP contribution in [0.5, 0.6) is 0 Å². The Morgan fingerprint density at radius 1 is 1.08 bits per heavy atom. The predicted molar refractivity (Wildman–Crippen MR) is 143 cm³/mol. The number of piperidine rings is 1. The molecule has 1 aliphatic carbocycles. The molecule has 1 aromatic rings. The summed E-state index contributed by atoms with van der Waals surface area (Å²) in [4.78, 5) is 43.7. The Balaban J connectivity index is 1.45. The van der Waals surface area contributed by atoms with Gasteiger partial charge in [0.25, 0.3) is 0 Å². The van der Waals surface area contributed by atoms with Gasteiger partial charge < -0.3 is 4.74 Å². The van der Waals surface area contributed by atoms with Crippen molar-refractivity contribution in [3.05, 3.63) is 47.3 Å². The zero-order valence-corrected chi connectivity index (χ0v) is 22.7. The van der Waals surface area contributed by atoms with Crippen LogP contribution in [0.25, 0.3) is 0 Å². The monoisotopic (exact) mass is 531 g/mol. The highest BCUT2D eigenvalue weighted by Crippen LogP contribution is 2.40. The zero-order chi connectivity index (χ0) is 26.4. The van der Waals surface area contributed by atoms with E-state index in [1.165, 1.54) is 17.8 Å². The molecule has 0 radical (unpaired) electrons. The number of carbonyl (C=O) groups is 3. The van der Waals surface area contributed by atoms with Crippen LogP contribution in [0.4, 0.5) is 4.39 Å². The molecule has 2 atom stereocenters. The van der Waals surface area contributed by atoms with Crippen LogP contribution in [0.15, 0.2) is 35.9 Å². The molecule has 0 N–H and O–H groups in total. The highest BCUT2D eigenvalue weighted by molar-refractivity contribution is 8.14. The minimum absolute atomic E-state index is 0.0206. The molecule has 2 unspecified atom stereocenters. The van der Waals surface area contributed by atoms with E-state index in [1.807, 2.05) is 6.92 Å². The van der Waals surface area contributed by atoms with Crippen LogP contribution >= 0.6 is 11.8 Å². The number of ketones is 1. The molecule has 9 heteroatoms. The molecular weight excluding hydrogens is 493 g/mol. The maximum absolute atomic E-state index is 14.8. The molecule has 1 aromatic carbocycles. The Kier molecular flexibility index (Phi) is 9.92. The molecular formula is C28H38FN3O4S. The molecule has 2 heterocycles. The fourth-order valence-corrected chi connectivity index (χ4v) is 6.16. The van der Waals surface area contributed by atoms with Crippen LogP contribution in [-0.2, 0) is 19.1 Å². The van der Waals surface area contributed by atoms with Crippen molar-refractivity contribution >= 4 is 28.6 Å². The number of carbonyl (C=O) groups excluding carboxylic acids is 3. The molecule has 37 heavy (non-hydrogen) atoms. The fourth-order valence-electron chi connectivity index (χ4n) is 5.22. The number of benzene rings is 1. The average molecular weight is 532 g/mol. The molecule has 1 saturated carbocycles. The minimum Gasteiger partial charge on any atom is -0.465 e. The van der Waals surface area contributed by atoms with Crippen LogP contribution in [0.2, 0.25) is 0 Å². The van der Waals surface area contributed by atoms with Crippen LogP contribution < -0.4 is 0 Å². The number of hydrogen-bond acceptors (Lipinski definition) is 8. The molecule has 0 spiro atoms. The number of ether oxygens (including phenoxy) is 1. The first-order valence-corrected chi connectivity index (χ1v) is 14.2. The van der Waals surface area contributed by atoms with Crippen LogP contribution in [0.3, 0.4) is 0 Å². The van der Waals surface area contributed by atoms with Gasteiger partial charge in [-0.15, -0.1) is 0 Å². The van der Waals surface area contributed by atoms with Gasteiger partial charge in [0.05, 0.1) is 19.2 Å². The van der Waals surface area contributed by atoms with Gasteiger partial charge in [-0.25, -0.2) is 4.39 Å². The second-order valence-electron chi connectivity index (χ2n) is 10.1.